The average Bonchev–Trinajstić information content (AvgIpc) is 3.82. The lowest BCUT2D eigenvalue weighted by atomic mass is 9.94. The highest BCUT2D eigenvalue weighted by Crippen LogP contribution is 2.39. The van der Waals surface area contributed by atoms with Gasteiger partial charge in [0.15, 0.2) is 0 Å². The molecule has 2 fully saturated rings. The number of carbonyl (C=O) groups is 4. The average molecular weight is 734 g/mol. The largest absolute Gasteiger partial charge is 0.381 e. The van der Waals surface area contributed by atoms with E-state index in [1.165, 1.54) is 12.1 Å². The van der Waals surface area contributed by atoms with Crippen molar-refractivity contribution in [3.05, 3.63) is 127 Å². The minimum Gasteiger partial charge on any atom is -0.381 e. The molecule has 14 heteroatoms. The number of imide groups is 2. The zero-order valence-electron chi connectivity index (χ0n) is 24.8. The summed E-state index contributed by atoms with van der Waals surface area (Å²) in [5, 5.41) is 9.46. The van der Waals surface area contributed by atoms with Gasteiger partial charge in [0, 0.05) is 21.2 Å². The highest BCUT2D eigenvalue weighted by molar-refractivity contribution is 6.40. The lowest BCUT2D eigenvalue weighted by Crippen LogP contribution is -2.33. The SMILES string of the molecule is O=C1[C@@H]2C(c3ccc(Cl)cc3Cl)=NO[C@@H]2C(=O)N1c1ccc(Cc2ccc(N3C(=O)[C@H]4C(c5ccc(Cl)cc5Cl)=NO[C@H]4C3=O)cc2)cc1. The summed E-state index contributed by atoms with van der Waals surface area (Å²) in [6, 6.07) is 23.7. The third-order valence-corrected chi connectivity index (χ3v) is 9.93. The van der Waals surface area contributed by atoms with Crippen LogP contribution in [-0.2, 0) is 35.3 Å². The first-order chi connectivity index (χ1) is 23.6. The summed E-state index contributed by atoms with van der Waals surface area (Å²) in [6.45, 7) is 0. The Bertz CT molecular complexity index is 2020. The van der Waals surface area contributed by atoms with Gasteiger partial charge in [-0.15, -0.1) is 0 Å². The number of halogens is 4. The molecule has 0 saturated carbocycles. The van der Waals surface area contributed by atoms with Gasteiger partial charge >= 0.3 is 0 Å². The van der Waals surface area contributed by atoms with Gasteiger partial charge in [0.05, 0.1) is 21.4 Å². The molecule has 4 aromatic carbocycles. The first-order valence-electron chi connectivity index (χ1n) is 14.9. The highest BCUT2D eigenvalue weighted by Gasteiger charge is 2.57. The molecule has 0 unspecified atom stereocenters. The highest BCUT2D eigenvalue weighted by atomic mass is 35.5. The summed E-state index contributed by atoms with van der Waals surface area (Å²) in [5.74, 6) is -3.82. The molecule has 0 N–H and O–H groups in total. The number of benzene rings is 4. The summed E-state index contributed by atoms with van der Waals surface area (Å²) in [4.78, 5) is 66.5. The van der Waals surface area contributed by atoms with Crippen molar-refractivity contribution in [2.45, 2.75) is 18.6 Å². The van der Waals surface area contributed by atoms with E-state index in [-0.39, 0.29) is 11.4 Å². The van der Waals surface area contributed by atoms with Gasteiger partial charge in [-0.3, -0.25) is 19.2 Å². The van der Waals surface area contributed by atoms with E-state index in [0.29, 0.717) is 49.0 Å². The fourth-order valence-corrected chi connectivity index (χ4v) is 7.48. The predicted octanol–water partition coefficient (Wildman–Crippen LogP) is 6.48. The van der Waals surface area contributed by atoms with Crippen LogP contribution < -0.4 is 9.80 Å². The maximum atomic E-state index is 13.5. The van der Waals surface area contributed by atoms with Crippen LogP contribution in [0.2, 0.25) is 20.1 Å². The number of hydrogen-bond donors (Lipinski definition) is 0. The minimum atomic E-state index is -1.08. The van der Waals surface area contributed by atoms with Crippen molar-refractivity contribution in [2.75, 3.05) is 9.80 Å². The van der Waals surface area contributed by atoms with E-state index in [4.69, 9.17) is 56.1 Å². The molecule has 0 bridgehead atoms. The zero-order chi connectivity index (χ0) is 34.1. The van der Waals surface area contributed by atoms with Gasteiger partial charge in [0.25, 0.3) is 11.8 Å². The van der Waals surface area contributed by atoms with Crippen molar-refractivity contribution < 1.29 is 28.9 Å². The molecule has 4 heterocycles. The van der Waals surface area contributed by atoms with Crippen LogP contribution >= 0.6 is 46.4 Å². The van der Waals surface area contributed by atoms with Gasteiger partial charge in [-0.25, -0.2) is 9.80 Å². The molecular formula is C35H20Cl4N4O6. The van der Waals surface area contributed by atoms with Crippen molar-refractivity contribution in [2.24, 2.45) is 22.1 Å². The lowest BCUT2D eigenvalue weighted by molar-refractivity contribution is -0.127. The number of rotatable bonds is 6. The molecule has 49 heavy (non-hydrogen) atoms. The number of fused-ring (bicyclic) bond motifs is 2. The van der Waals surface area contributed by atoms with Crippen LogP contribution in [0.15, 0.2) is 95.2 Å². The molecule has 10 nitrogen and oxygen atoms in total. The Labute approximate surface area is 298 Å². The second-order valence-corrected chi connectivity index (χ2v) is 13.4. The molecule has 0 aromatic heterocycles. The van der Waals surface area contributed by atoms with E-state index < -0.39 is 47.7 Å². The van der Waals surface area contributed by atoms with E-state index in [1.54, 1.807) is 48.5 Å². The van der Waals surface area contributed by atoms with Crippen molar-refractivity contribution in [3.63, 3.8) is 0 Å². The van der Waals surface area contributed by atoms with Gasteiger partial charge in [-0.2, -0.15) is 0 Å². The number of nitrogens with zero attached hydrogens (tertiary/aromatic N) is 4. The van der Waals surface area contributed by atoms with Gasteiger partial charge in [-0.1, -0.05) is 93.1 Å². The fraction of sp³-hybridized carbons (Fsp3) is 0.143. The molecular weight excluding hydrogens is 714 g/mol. The molecule has 4 amide bonds. The van der Waals surface area contributed by atoms with E-state index in [9.17, 15) is 19.2 Å². The van der Waals surface area contributed by atoms with Crippen molar-refractivity contribution in [1.29, 1.82) is 0 Å². The summed E-state index contributed by atoms with van der Waals surface area (Å²) in [7, 11) is 0. The molecule has 4 atom stereocenters. The number of amides is 4. The van der Waals surface area contributed by atoms with Crippen molar-refractivity contribution in [1.82, 2.24) is 0 Å². The van der Waals surface area contributed by atoms with E-state index in [1.807, 2.05) is 24.3 Å². The van der Waals surface area contributed by atoms with Gasteiger partial charge in [0.1, 0.15) is 23.3 Å². The van der Waals surface area contributed by atoms with Crippen molar-refractivity contribution >= 4 is 92.8 Å². The topological polar surface area (TPSA) is 118 Å². The Kier molecular flexibility index (Phi) is 7.72. The van der Waals surface area contributed by atoms with Gasteiger partial charge in [0.2, 0.25) is 24.0 Å². The number of anilines is 2. The van der Waals surface area contributed by atoms with E-state index in [2.05, 4.69) is 10.3 Å². The summed E-state index contributed by atoms with van der Waals surface area (Å²) in [5.41, 5.74) is 4.10. The third kappa shape index (κ3) is 5.18. The van der Waals surface area contributed by atoms with Crippen LogP contribution in [-0.4, -0.2) is 47.3 Å². The Morgan fingerprint density at radius 3 is 1.29 bits per heavy atom. The third-order valence-electron chi connectivity index (χ3n) is 8.84. The number of carbonyl (C=O) groups excluding carboxylic acids is 4. The normalized spacial score (nSPS) is 22.6. The maximum Gasteiger partial charge on any atom is 0.278 e. The quantitative estimate of drug-likeness (QED) is 0.210. The Balaban J connectivity index is 0.954. The minimum absolute atomic E-state index is 0.278. The van der Waals surface area contributed by atoms with Crippen LogP contribution in [0.3, 0.4) is 0 Å². The van der Waals surface area contributed by atoms with Gasteiger partial charge in [-0.05, 0) is 66.1 Å². The van der Waals surface area contributed by atoms with Crippen LogP contribution in [0.5, 0.6) is 0 Å². The molecule has 0 spiro atoms. The second-order valence-electron chi connectivity index (χ2n) is 11.7. The van der Waals surface area contributed by atoms with E-state index in [0.717, 1.165) is 20.9 Å². The molecule has 2 saturated heterocycles. The van der Waals surface area contributed by atoms with Crippen LogP contribution in [0.4, 0.5) is 11.4 Å². The summed E-state index contributed by atoms with van der Waals surface area (Å²) < 4.78 is 0. The molecule has 4 aliphatic rings. The Hall–Kier alpha value is -4.74. The second kappa shape index (κ2) is 12.0. The molecule has 4 aliphatic heterocycles. The van der Waals surface area contributed by atoms with Gasteiger partial charge < -0.3 is 9.68 Å². The monoisotopic (exact) mass is 732 g/mol. The van der Waals surface area contributed by atoms with E-state index >= 15 is 0 Å². The van der Waals surface area contributed by atoms with Crippen LogP contribution in [0, 0.1) is 11.8 Å². The summed E-state index contributed by atoms with van der Waals surface area (Å²) in [6.07, 6.45) is -1.66. The smallest absolute Gasteiger partial charge is 0.278 e. The molecule has 0 radical (unpaired) electrons. The molecule has 244 valence electrons. The van der Waals surface area contributed by atoms with Crippen molar-refractivity contribution in [3.8, 4) is 0 Å². The lowest BCUT2D eigenvalue weighted by Gasteiger charge is -2.17. The Morgan fingerprint density at radius 1 is 0.531 bits per heavy atom. The maximum absolute atomic E-state index is 13.5. The Morgan fingerprint density at radius 2 is 0.918 bits per heavy atom. The predicted molar refractivity (Wildman–Crippen MR) is 183 cm³/mol. The van der Waals surface area contributed by atoms with Crippen LogP contribution in [0.1, 0.15) is 22.3 Å². The fourth-order valence-electron chi connectivity index (χ4n) is 6.47. The summed E-state index contributed by atoms with van der Waals surface area (Å²) >= 11 is 24.7. The number of hydrogen-bond acceptors (Lipinski definition) is 8. The first kappa shape index (κ1) is 31.5. The molecule has 4 aromatic rings. The molecule has 0 aliphatic carbocycles. The zero-order valence-corrected chi connectivity index (χ0v) is 27.9. The standard InChI is InChI=1S/C35H20Cl4N4O6/c36-18-5-11-22(24(38)14-18)28-26-30(48-40-28)34(46)42(32(26)44)20-7-1-16(2-8-20)13-17-3-9-21(10-4-17)43-33(45)27-29(41-49-31(27)35(43)47)23-12-6-19(37)15-25(23)39/h1-12,14-15,26-27,30-31H,13H2/t26-,27+,30+,31-. The first-order valence-corrected chi connectivity index (χ1v) is 16.4. The molecule has 8 rings (SSSR count). The number of oxime groups is 2. The van der Waals surface area contributed by atoms with Crippen LogP contribution in [0.25, 0.3) is 0 Å².